The molecular formula is C20H20ClN3O. The van der Waals surface area contributed by atoms with E-state index in [-0.39, 0.29) is 11.9 Å². The van der Waals surface area contributed by atoms with Crippen LogP contribution in [0.3, 0.4) is 0 Å². The number of halogens is 1. The number of nitrogens with one attached hydrogen (secondary N) is 1. The van der Waals surface area contributed by atoms with Gasteiger partial charge in [-0.1, -0.05) is 41.9 Å². The summed E-state index contributed by atoms with van der Waals surface area (Å²) >= 11 is 6.14. The van der Waals surface area contributed by atoms with E-state index in [1.165, 1.54) is 0 Å². The monoisotopic (exact) mass is 353 g/mol. The quantitative estimate of drug-likeness (QED) is 0.895. The average Bonchev–Trinajstić information content (AvgIpc) is 3.09. The number of benzene rings is 2. The third-order valence-corrected chi connectivity index (χ3v) is 4.91. The van der Waals surface area contributed by atoms with Crippen molar-refractivity contribution in [1.82, 2.24) is 10.2 Å². The molecule has 0 bridgehead atoms. The highest BCUT2D eigenvalue weighted by Gasteiger charge is 2.30. The molecule has 128 valence electrons. The first-order chi connectivity index (χ1) is 12.2. The summed E-state index contributed by atoms with van der Waals surface area (Å²) in [7, 11) is 0. The standard InChI is InChI=1S/C20H20ClN3O/c21-18-5-2-1-4-17(18)13-23-20(25)19-6-3-11-24(19)14-16-9-7-15(12-22)8-10-16/h1-2,4-5,7-10,19H,3,6,11,13-14H2,(H,23,25)/t19-/m1/s1. The van der Waals surface area contributed by atoms with Crippen molar-refractivity contribution in [2.45, 2.75) is 32.0 Å². The molecule has 0 unspecified atom stereocenters. The number of carbonyl (C=O) groups is 1. The van der Waals surface area contributed by atoms with Gasteiger partial charge in [0.25, 0.3) is 0 Å². The molecule has 4 nitrogen and oxygen atoms in total. The molecule has 0 aromatic heterocycles. The number of nitrogens with zero attached hydrogens (tertiary/aromatic N) is 2. The van der Waals surface area contributed by atoms with Gasteiger partial charge in [-0.15, -0.1) is 0 Å². The molecular weight excluding hydrogens is 334 g/mol. The van der Waals surface area contributed by atoms with Crippen LogP contribution in [0.1, 0.15) is 29.5 Å². The summed E-state index contributed by atoms with van der Waals surface area (Å²) in [4.78, 5) is 14.8. The van der Waals surface area contributed by atoms with Gasteiger partial charge in [0.2, 0.25) is 5.91 Å². The minimum Gasteiger partial charge on any atom is -0.351 e. The van der Waals surface area contributed by atoms with E-state index in [9.17, 15) is 4.79 Å². The lowest BCUT2D eigenvalue weighted by Gasteiger charge is -2.24. The van der Waals surface area contributed by atoms with Crippen molar-refractivity contribution in [2.24, 2.45) is 0 Å². The number of nitriles is 1. The predicted molar refractivity (Wildman–Crippen MR) is 97.9 cm³/mol. The summed E-state index contributed by atoms with van der Waals surface area (Å²) in [6.07, 6.45) is 1.88. The van der Waals surface area contributed by atoms with Crippen molar-refractivity contribution in [3.63, 3.8) is 0 Å². The molecule has 1 N–H and O–H groups in total. The Morgan fingerprint density at radius 1 is 1.24 bits per heavy atom. The van der Waals surface area contributed by atoms with Crippen LogP contribution < -0.4 is 5.32 Å². The lowest BCUT2D eigenvalue weighted by molar-refractivity contribution is -0.125. The number of likely N-dealkylation sites (tertiary alicyclic amines) is 1. The van der Waals surface area contributed by atoms with E-state index in [0.717, 1.165) is 37.1 Å². The van der Waals surface area contributed by atoms with Gasteiger partial charge in [0.15, 0.2) is 0 Å². The van der Waals surface area contributed by atoms with Crippen LogP contribution in [0.2, 0.25) is 5.02 Å². The molecule has 1 aliphatic rings. The number of amides is 1. The first-order valence-electron chi connectivity index (χ1n) is 8.41. The van der Waals surface area contributed by atoms with E-state index in [2.05, 4.69) is 16.3 Å². The van der Waals surface area contributed by atoms with Crippen LogP contribution in [0, 0.1) is 11.3 Å². The molecule has 1 atom stereocenters. The van der Waals surface area contributed by atoms with Gasteiger partial charge in [0, 0.05) is 18.1 Å². The zero-order chi connectivity index (χ0) is 17.6. The SMILES string of the molecule is N#Cc1ccc(CN2CCC[C@@H]2C(=O)NCc2ccccc2Cl)cc1. The van der Waals surface area contributed by atoms with Gasteiger partial charge in [0.1, 0.15) is 0 Å². The summed E-state index contributed by atoms with van der Waals surface area (Å²) in [5, 5.41) is 12.6. The van der Waals surface area contributed by atoms with E-state index >= 15 is 0 Å². The van der Waals surface area contributed by atoms with Crippen LogP contribution in [0.25, 0.3) is 0 Å². The minimum absolute atomic E-state index is 0.0473. The second-order valence-electron chi connectivity index (χ2n) is 6.25. The summed E-state index contributed by atoms with van der Waals surface area (Å²) in [6, 6.07) is 17.1. The van der Waals surface area contributed by atoms with Crippen molar-refractivity contribution in [3.8, 4) is 6.07 Å². The number of hydrogen-bond acceptors (Lipinski definition) is 3. The van der Waals surface area contributed by atoms with E-state index in [1.807, 2.05) is 48.5 Å². The Morgan fingerprint density at radius 3 is 2.72 bits per heavy atom. The van der Waals surface area contributed by atoms with Crippen LogP contribution in [-0.4, -0.2) is 23.4 Å². The molecule has 0 radical (unpaired) electrons. The fourth-order valence-electron chi connectivity index (χ4n) is 3.17. The third kappa shape index (κ3) is 4.39. The van der Waals surface area contributed by atoms with Crippen molar-refractivity contribution < 1.29 is 4.79 Å². The van der Waals surface area contributed by atoms with Crippen LogP contribution in [0.4, 0.5) is 0 Å². The Balaban J connectivity index is 1.59. The lowest BCUT2D eigenvalue weighted by Crippen LogP contribution is -2.42. The molecule has 1 heterocycles. The molecule has 0 saturated carbocycles. The van der Waals surface area contributed by atoms with Gasteiger partial charge in [-0.05, 0) is 48.7 Å². The van der Waals surface area contributed by atoms with Crippen LogP contribution in [-0.2, 0) is 17.9 Å². The Labute approximate surface area is 153 Å². The number of hydrogen-bond donors (Lipinski definition) is 1. The second-order valence-corrected chi connectivity index (χ2v) is 6.65. The number of carbonyl (C=O) groups excluding carboxylic acids is 1. The zero-order valence-corrected chi connectivity index (χ0v) is 14.7. The third-order valence-electron chi connectivity index (χ3n) is 4.55. The van der Waals surface area contributed by atoms with E-state index < -0.39 is 0 Å². The van der Waals surface area contributed by atoms with Crippen molar-refractivity contribution in [1.29, 1.82) is 5.26 Å². The van der Waals surface area contributed by atoms with E-state index in [0.29, 0.717) is 17.1 Å². The van der Waals surface area contributed by atoms with Crippen LogP contribution in [0.5, 0.6) is 0 Å². The van der Waals surface area contributed by atoms with Crippen LogP contribution in [0.15, 0.2) is 48.5 Å². The van der Waals surface area contributed by atoms with Gasteiger partial charge in [-0.2, -0.15) is 5.26 Å². The highest BCUT2D eigenvalue weighted by Crippen LogP contribution is 2.21. The van der Waals surface area contributed by atoms with Crippen molar-refractivity contribution >= 4 is 17.5 Å². The Bertz CT molecular complexity index is 782. The number of rotatable bonds is 5. The first-order valence-corrected chi connectivity index (χ1v) is 8.79. The Morgan fingerprint density at radius 2 is 2.00 bits per heavy atom. The van der Waals surface area contributed by atoms with E-state index in [4.69, 9.17) is 16.9 Å². The maximum absolute atomic E-state index is 12.6. The van der Waals surface area contributed by atoms with Gasteiger partial charge >= 0.3 is 0 Å². The largest absolute Gasteiger partial charge is 0.351 e. The second kappa shape index (κ2) is 8.15. The van der Waals surface area contributed by atoms with Crippen LogP contribution >= 0.6 is 11.6 Å². The zero-order valence-electron chi connectivity index (χ0n) is 13.9. The molecule has 2 aromatic rings. The summed E-state index contributed by atoms with van der Waals surface area (Å²) in [5.41, 5.74) is 2.69. The fourth-order valence-corrected chi connectivity index (χ4v) is 3.38. The minimum atomic E-state index is -0.113. The topological polar surface area (TPSA) is 56.1 Å². The van der Waals surface area contributed by atoms with Gasteiger partial charge < -0.3 is 5.32 Å². The molecule has 1 amide bonds. The summed E-state index contributed by atoms with van der Waals surface area (Å²) < 4.78 is 0. The van der Waals surface area contributed by atoms with Gasteiger partial charge in [-0.25, -0.2) is 0 Å². The molecule has 25 heavy (non-hydrogen) atoms. The normalized spacial score (nSPS) is 17.2. The molecule has 3 rings (SSSR count). The fraction of sp³-hybridized carbons (Fsp3) is 0.300. The Hall–Kier alpha value is -2.35. The molecule has 1 aliphatic heterocycles. The summed E-state index contributed by atoms with van der Waals surface area (Å²) in [6.45, 7) is 2.07. The highest BCUT2D eigenvalue weighted by molar-refractivity contribution is 6.31. The molecule has 0 spiro atoms. The first kappa shape index (κ1) is 17.5. The predicted octanol–water partition coefficient (Wildman–Crippen LogP) is 3.49. The lowest BCUT2D eigenvalue weighted by atomic mass is 10.1. The summed E-state index contributed by atoms with van der Waals surface area (Å²) in [5.74, 6) is 0.0473. The molecule has 5 heteroatoms. The van der Waals surface area contributed by atoms with E-state index in [1.54, 1.807) is 0 Å². The average molecular weight is 354 g/mol. The van der Waals surface area contributed by atoms with Gasteiger partial charge in [0.05, 0.1) is 17.7 Å². The molecule has 1 saturated heterocycles. The highest BCUT2D eigenvalue weighted by atomic mass is 35.5. The molecule has 2 aromatic carbocycles. The molecule has 0 aliphatic carbocycles. The maximum atomic E-state index is 12.6. The Kier molecular flexibility index (Phi) is 5.70. The van der Waals surface area contributed by atoms with Crippen molar-refractivity contribution in [3.05, 3.63) is 70.2 Å². The maximum Gasteiger partial charge on any atom is 0.237 e. The van der Waals surface area contributed by atoms with Gasteiger partial charge in [-0.3, -0.25) is 9.69 Å². The molecule has 1 fully saturated rings. The smallest absolute Gasteiger partial charge is 0.237 e. The van der Waals surface area contributed by atoms with Crippen molar-refractivity contribution in [2.75, 3.05) is 6.54 Å².